The van der Waals surface area contributed by atoms with Crippen LogP contribution in [0.5, 0.6) is 0 Å². The topological polar surface area (TPSA) is 37.8 Å². The Morgan fingerprint density at radius 1 is 1.59 bits per heavy atom. The molecule has 0 fully saturated rings. The summed E-state index contributed by atoms with van der Waals surface area (Å²) in [5.41, 5.74) is 0.895. The number of nitrogens with zero attached hydrogens (tertiary/aromatic N) is 1. The molecule has 0 saturated heterocycles. The van der Waals surface area contributed by atoms with Gasteiger partial charge in [-0.05, 0) is 37.0 Å². The van der Waals surface area contributed by atoms with Crippen molar-refractivity contribution in [2.75, 3.05) is 0 Å². The molecule has 0 aliphatic rings. The molecule has 0 spiro atoms. The van der Waals surface area contributed by atoms with Crippen molar-refractivity contribution < 1.29 is 0 Å². The number of hydrogen-bond acceptors (Lipinski definition) is 3. The number of rotatable bonds is 4. The molecule has 1 atom stereocenters. The van der Waals surface area contributed by atoms with Crippen LogP contribution in [0, 0.1) is 4.77 Å². The average Bonchev–Trinajstić information content (AvgIpc) is 2.74. The SMILES string of the molecule is CCCCC(C)n1c(=S)[nH]c2ccsc2c1=O. The second-order valence-corrected chi connectivity index (χ2v) is 5.56. The Hall–Kier alpha value is -0.940. The van der Waals surface area contributed by atoms with Gasteiger partial charge in [0, 0.05) is 6.04 Å². The van der Waals surface area contributed by atoms with Crippen LogP contribution in [-0.2, 0) is 0 Å². The monoisotopic (exact) mass is 268 g/mol. The van der Waals surface area contributed by atoms with Crippen LogP contribution in [0.25, 0.3) is 10.2 Å². The van der Waals surface area contributed by atoms with Crippen LogP contribution in [0.3, 0.4) is 0 Å². The molecule has 2 aromatic rings. The maximum atomic E-state index is 12.3. The predicted molar refractivity (Wildman–Crippen MR) is 75.5 cm³/mol. The van der Waals surface area contributed by atoms with Crippen molar-refractivity contribution >= 4 is 33.8 Å². The molecule has 0 aromatic carbocycles. The highest BCUT2D eigenvalue weighted by Gasteiger charge is 2.11. The van der Waals surface area contributed by atoms with Gasteiger partial charge in [-0.15, -0.1) is 11.3 Å². The van der Waals surface area contributed by atoms with Gasteiger partial charge in [0.2, 0.25) is 0 Å². The van der Waals surface area contributed by atoms with E-state index in [4.69, 9.17) is 12.2 Å². The zero-order valence-corrected chi connectivity index (χ0v) is 11.7. The standard InChI is InChI=1S/C12H16N2OS2/c1-3-4-5-8(2)14-11(15)10-9(6-7-17-10)13-12(14)16/h6-8H,3-5H2,1-2H3,(H,13,16). The fourth-order valence-electron chi connectivity index (χ4n) is 1.98. The molecule has 0 saturated carbocycles. The molecular formula is C12H16N2OS2. The molecule has 17 heavy (non-hydrogen) atoms. The first-order valence-corrected chi connectivity index (χ1v) is 7.16. The van der Waals surface area contributed by atoms with Crippen LogP contribution in [0.2, 0.25) is 0 Å². The summed E-state index contributed by atoms with van der Waals surface area (Å²) in [5.74, 6) is 0. The van der Waals surface area contributed by atoms with Crippen LogP contribution in [0.15, 0.2) is 16.2 Å². The zero-order chi connectivity index (χ0) is 12.4. The van der Waals surface area contributed by atoms with Crippen molar-refractivity contribution in [2.24, 2.45) is 0 Å². The van der Waals surface area contributed by atoms with Gasteiger partial charge in [0.05, 0.1) is 5.52 Å². The maximum absolute atomic E-state index is 12.3. The highest BCUT2D eigenvalue weighted by molar-refractivity contribution is 7.71. The molecule has 0 radical (unpaired) electrons. The van der Waals surface area contributed by atoms with Crippen LogP contribution in [0.1, 0.15) is 39.2 Å². The van der Waals surface area contributed by atoms with Crippen LogP contribution in [0.4, 0.5) is 0 Å². The van der Waals surface area contributed by atoms with E-state index in [9.17, 15) is 4.79 Å². The van der Waals surface area contributed by atoms with E-state index in [0.29, 0.717) is 4.77 Å². The number of nitrogens with one attached hydrogen (secondary N) is 1. The van der Waals surface area contributed by atoms with E-state index in [1.54, 1.807) is 4.57 Å². The van der Waals surface area contributed by atoms with Crippen molar-refractivity contribution in [3.8, 4) is 0 Å². The van der Waals surface area contributed by atoms with Gasteiger partial charge in [0.1, 0.15) is 4.70 Å². The van der Waals surface area contributed by atoms with Crippen molar-refractivity contribution in [3.63, 3.8) is 0 Å². The summed E-state index contributed by atoms with van der Waals surface area (Å²) in [4.78, 5) is 15.4. The first-order chi connectivity index (χ1) is 8.15. The third-order valence-corrected chi connectivity index (χ3v) is 4.16. The van der Waals surface area contributed by atoms with Gasteiger partial charge in [0.15, 0.2) is 4.77 Å². The summed E-state index contributed by atoms with van der Waals surface area (Å²) >= 11 is 6.74. The summed E-state index contributed by atoms with van der Waals surface area (Å²) in [6.45, 7) is 4.21. The molecule has 2 rings (SSSR count). The van der Waals surface area contributed by atoms with Crippen molar-refractivity contribution in [3.05, 3.63) is 26.6 Å². The lowest BCUT2D eigenvalue weighted by Crippen LogP contribution is -2.24. The number of aromatic amines is 1. The minimum absolute atomic E-state index is 0.0438. The maximum Gasteiger partial charge on any atom is 0.272 e. The molecule has 2 aromatic heterocycles. The van der Waals surface area contributed by atoms with Crippen molar-refractivity contribution in [1.82, 2.24) is 9.55 Å². The second-order valence-electron chi connectivity index (χ2n) is 4.26. The minimum Gasteiger partial charge on any atom is -0.331 e. The minimum atomic E-state index is 0.0438. The van der Waals surface area contributed by atoms with Crippen LogP contribution >= 0.6 is 23.6 Å². The first-order valence-electron chi connectivity index (χ1n) is 5.87. The lowest BCUT2D eigenvalue weighted by Gasteiger charge is -2.14. The average molecular weight is 268 g/mol. The lowest BCUT2D eigenvalue weighted by molar-refractivity contribution is 0.465. The third-order valence-electron chi connectivity index (χ3n) is 2.95. The molecule has 2 heterocycles. The summed E-state index contributed by atoms with van der Waals surface area (Å²) in [7, 11) is 0. The number of aromatic nitrogens is 2. The first kappa shape index (κ1) is 12.5. The predicted octanol–water partition coefficient (Wildman–Crippen LogP) is 3.87. The van der Waals surface area contributed by atoms with E-state index >= 15 is 0 Å². The number of H-pyrrole nitrogens is 1. The Morgan fingerprint density at radius 3 is 3.06 bits per heavy atom. The highest BCUT2D eigenvalue weighted by Crippen LogP contribution is 2.18. The Kier molecular flexibility index (Phi) is 3.79. The number of hydrogen-bond donors (Lipinski definition) is 1. The Morgan fingerprint density at radius 2 is 2.35 bits per heavy atom. The molecule has 1 unspecified atom stereocenters. The summed E-state index contributed by atoms with van der Waals surface area (Å²) in [6.07, 6.45) is 3.24. The molecule has 92 valence electrons. The van der Waals surface area contributed by atoms with Gasteiger partial charge in [-0.3, -0.25) is 9.36 Å². The Labute approximate surface area is 109 Å². The van der Waals surface area contributed by atoms with Crippen LogP contribution < -0.4 is 5.56 Å². The molecule has 0 amide bonds. The molecule has 3 nitrogen and oxygen atoms in total. The van der Waals surface area contributed by atoms with Gasteiger partial charge in [-0.25, -0.2) is 0 Å². The zero-order valence-electron chi connectivity index (χ0n) is 10.0. The van der Waals surface area contributed by atoms with E-state index in [1.165, 1.54) is 11.3 Å². The summed E-state index contributed by atoms with van der Waals surface area (Å²) < 4.78 is 3.01. The molecule has 5 heteroatoms. The highest BCUT2D eigenvalue weighted by atomic mass is 32.1. The van der Waals surface area contributed by atoms with Gasteiger partial charge in [0.25, 0.3) is 5.56 Å². The summed E-state index contributed by atoms with van der Waals surface area (Å²) in [6, 6.07) is 2.07. The number of thiophene rings is 1. The Balaban J connectivity index is 2.53. The van der Waals surface area contributed by atoms with Gasteiger partial charge in [-0.1, -0.05) is 19.8 Å². The normalized spacial score (nSPS) is 13.1. The molecular weight excluding hydrogens is 252 g/mol. The van der Waals surface area contributed by atoms with Crippen molar-refractivity contribution in [1.29, 1.82) is 0 Å². The number of fused-ring (bicyclic) bond motifs is 1. The smallest absolute Gasteiger partial charge is 0.272 e. The van der Waals surface area contributed by atoms with Gasteiger partial charge >= 0.3 is 0 Å². The molecule has 1 N–H and O–H groups in total. The van der Waals surface area contributed by atoms with E-state index in [1.807, 2.05) is 11.4 Å². The Bertz CT molecular complexity index is 623. The van der Waals surface area contributed by atoms with Gasteiger partial charge < -0.3 is 4.98 Å². The fraction of sp³-hybridized carbons (Fsp3) is 0.500. The quantitative estimate of drug-likeness (QED) is 0.855. The molecule has 0 aliphatic carbocycles. The lowest BCUT2D eigenvalue weighted by atomic mass is 10.1. The third kappa shape index (κ3) is 2.35. The van der Waals surface area contributed by atoms with E-state index in [-0.39, 0.29) is 11.6 Å². The molecule has 0 bridgehead atoms. The summed E-state index contributed by atoms with van der Waals surface area (Å²) in [5, 5.41) is 1.92. The van der Waals surface area contributed by atoms with E-state index in [2.05, 4.69) is 18.8 Å². The van der Waals surface area contributed by atoms with Crippen LogP contribution in [-0.4, -0.2) is 9.55 Å². The fourth-order valence-corrected chi connectivity index (χ4v) is 3.14. The van der Waals surface area contributed by atoms with E-state index in [0.717, 1.165) is 29.5 Å². The van der Waals surface area contributed by atoms with Gasteiger partial charge in [-0.2, -0.15) is 0 Å². The van der Waals surface area contributed by atoms with E-state index < -0.39 is 0 Å². The molecule has 0 aliphatic heterocycles. The van der Waals surface area contributed by atoms with Crippen molar-refractivity contribution in [2.45, 2.75) is 39.2 Å². The second kappa shape index (κ2) is 5.14. The number of unbranched alkanes of at least 4 members (excludes halogenated alkanes) is 1. The largest absolute Gasteiger partial charge is 0.331 e.